The van der Waals surface area contributed by atoms with E-state index in [9.17, 15) is 13.0 Å². The van der Waals surface area contributed by atoms with Crippen molar-refractivity contribution in [2.45, 2.75) is 4.90 Å². The molecule has 0 aromatic heterocycles. The highest BCUT2D eigenvalue weighted by Gasteiger charge is 2.09. The highest BCUT2D eigenvalue weighted by molar-refractivity contribution is 7.85. The van der Waals surface area contributed by atoms with Gasteiger partial charge in [-0.15, -0.1) is 0 Å². The second-order valence-electron chi connectivity index (χ2n) is 2.73. The molecule has 78 valence electrons. The summed E-state index contributed by atoms with van der Waals surface area (Å²) in [6.45, 7) is 0.531. The number of nitrogens with one attached hydrogen (secondary N) is 1. The van der Waals surface area contributed by atoms with Crippen LogP contribution >= 0.6 is 0 Å². The van der Waals surface area contributed by atoms with Crippen LogP contribution in [0.2, 0.25) is 0 Å². The molecular formula is C9H11F2NOS. The molecule has 0 aliphatic rings. The van der Waals surface area contributed by atoms with Crippen molar-refractivity contribution in [3.05, 3.63) is 29.8 Å². The van der Waals surface area contributed by atoms with E-state index in [-0.39, 0.29) is 4.90 Å². The first-order valence-corrected chi connectivity index (χ1v) is 5.45. The van der Waals surface area contributed by atoms with Crippen LogP contribution in [-0.4, -0.2) is 23.6 Å². The maximum absolute atomic E-state index is 13.1. The molecule has 0 heterocycles. The summed E-state index contributed by atoms with van der Waals surface area (Å²) >= 11 is 0. The molecular weight excluding hydrogens is 208 g/mol. The first kappa shape index (κ1) is 11.3. The zero-order valence-electron chi connectivity index (χ0n) is 7.72. The van der Waals surface area contributed by atoms with Gasteiger partial charge in [0.1, 0.15) is 11.6 Å². The van der Waals surface area contributed by atoms with Crippen LogP contribution in [0.25, 0.3) is 0 Å². The molecule has 0 spiro atoms. The van der Waals surface area contributed by atoms with Gasteiger partial charge in [0.25, 0.3) is 0 Å². The van der Waals surface area contributed by atoms with Gasteiger partial charge in [0, 0.05) is 18.4 Å². The fourth-order valence-corrected chi connectivity index (χ4v) is 2.07. The Hall–Kier alpha value is -0.810. The minimum Gasteiger partial charge on any atom is -0.319 e. The quantitative estimate of drug-likeness (QED) is 0.826. The second kappa shape index (κ2) is 5.17. The standard InChI is InChI=1S/C9H11F2NOS/c1-12-4-5-14(13)9-3-2-7(10)6-8(9)11/h2-3,6,12H,4-5H2,1H3. The van der Waals surface area contributed by atoms with E-state index in [0.717, 1.165) is 12.1 Å². The van der Waals surface area contributed by atoms with Gasteiger partial charge in [-0.1, -0.05) is 0 Å². The second-order valence-corrected chi connectivity index (χ2v) is 4.27. The molecule has 0 radical (unpaired) electrons. The first-order valence-electron chi connectivity index (χ1n) is 4.13. The number of hydrogen-bond acceptors (Lipinski definition) is 2. The maximum Gasteiger partial charge on any atom is 0.142 e. The smallest absolute Gasteiger partial charge is 0.142 e. The Kier molecular flexibility index (Phi) is 4.16. The lowest BCUT2D eigenvalue weighted by Crippen LogP contribution is -2.16. The SMILES string of the molecule is CNCCS(=O)c1ccc(F)cc1F. The summed E-state index contributed by atoms with van der Waals surface area (Å²) < 4.78 is 37.0. The van der Waals surface area contributed by atoms with E-state index in [0.29, 0.717) is 12.3 Å². The van der Waals surface area contributed by atoms with E-state index < -0.39 is 22.4 Å². The van der Waals surface area contributed by atoms with Crippen LogP contribution < -0.4 is 5.32 Å². The van der Waals surface area contributed by atoms with E-state index in [1.165, 1.54) is 6.07 Å². The fourth-order valence-electron chi connectivity index (χ4n) is 0.965. The Morgan fingerprint density at radius 2 is 2.14 bits per heavy atom. The molecule has 0 aliphatic carbocycles. The highest BCUT2D eigenvalue weighted by Crippen LogP contribution is 2.13. The molecule has 0 amide bonds. The minimum absolute atomic E-state index is 0.0571. The van der Waals surface area contributed by atoms with Gasteiger partial charge >= 0.3 is 0 Å². The van der Waals surface area contributed by atoms with Crippen LogP contribution in [0.1, 0.15) is 0 Å². The summed E-state index contributed by atoms with van der Waals surface area (Å²) in [6.07, 6.45) is 0. The molecule has 2 nitrogen and oxygen atoms in total. The third-order valence-electron chi connectivity index (χ3n) is 1.68. The van der Waals surface area contributed by atoms with Crippen LogP contribution in [0, 0.1) is 11.6 Å². The Bertz CT molecular complexity index is 344. The Morgan fingerprint density at radius 1 is 1.43 bits per heavy atom. The van der Waals surface area contributed by atoms with Gasteiger partial charge in [-0.25, -0.2) is 8.78 Å². The van der Waals surface area contributed by atoms with Crippen molar-refractivity contribution in [3.8, 4) is 0 Å². The predicted molar refractivity (Wildman–Crippen MR) is 51.6 cm³/mol. The van der Waals surface area contributed by atoms with Crippen LogP contribution in [0.3, 0.4) is 0 Å². The third-order valence-corrected chi connectivity index (χ3v) is 3.07. The Labute approximate surface area is 83.8 Å². The lowest BCUT2D eigenvalue weighted by atomic mass is 10.3. The summed E-state index contributed by atoms with van der Waals surface area (Å²) in [7, 11) is 0.313. The van der Waals surface area contributed by atoms with Crippen molar-refractivity contribution in [1.29, 1.82) is 0 Å². The molecule has 1 aromatic rings. The number of benzene rings is 1. The van der Waals surface area contributed by atoms with Crippen LogP contribution in [0.15, 0.2) is 23.1 Å². The monoisotopic (exact) mass is 219 g/mol. The number of halogens is 2. The Balaban J connectivity index is 2.80. The van der Waals surface area contributed by atoms with Crippen molar-refractivity contribution >= 4 is 10.8 Å². The van der Waals surface area contributed by atoms with Crippen LogP contribution in [0.4, 0.5) is 8.78 Å². The van der Waals surface area contributed by atoms with Gasteiger partial charge in [0.15, 0.2) is 0 Å². The summed E-state index contributed by atoms with van der Waals surface area (Å²) in [6, 6.07) is 3.07. The third kappa shape index (κ3) is 2.85. The summed E-state index contributed by atoms with van der Waals surface area (Å²) in [5.74, 6) is -1.09. The molecule has 0 fully saturated rings. The van der Waals surface area contributed by atoms with E-state index in [4.69, 9.17) is 0 Å². The van der Waals surface area contributed by atoms with Gasteiger partial charge in [-0.3, -0.25) is 4.21 Å². The predicted octanol–water partition coefficient (Wildman–Crippen LogP) is 1.29. The Morgan fingerprint density at radius 3 is 2.71 bits per heavy atom. The van der Waals surface area contributed by atoms with E-state index in [1.807, 2.05) is 0 Å². The average Bonchev–Trinajstić information content (AvgIpc) is 2.14. The number of rotatable bonds is 4. The maximum atomic E-state index is 13.1. The molecule has 5 heteroatoms. The zero-order valence-corrected chi connectivity index (χ0v) is 8.54. The molecule has 14 heavy (non-hydrogen) atoms. The lowest BCUT2D eigenvalue weighted by Gasteiger charge is -2.02. The summed E-state index contributed by atoms with van der Waals surface area (Å²) in [5, 5.41) is 2.81. The van der Waals surface area contributed by atoms with Crippen molar-refractivity contribution in [2.24, 2.45) is 0 Å². The van der Waals surface area contributed by atoms with Crippen molar-refractivity contribution in [2.75, 3.05) is 19.3 Å². The fraction of sp³-hybridized carbons (Fsp3) is 0.333. The lowest BCUT2D eigenvalue weighted by molar-refractivity contribution is 0.562. The van der Waals surface area contributed by atoms with Crippen molar-refractivity contribution < 1.29 is 13.0 Å². The molecule has 0 saturated carbocycles. The molecule has 0 saturated heterocycles. The van der Waals surface area contributed by atoms with Gasteiger partial charge in [0.05, 0.1) is 15.7 Å². The van der Waals surface area contributed by atoms with Gasteiger partial charge in [-0.05, 0) is 19.2 Å². The number of hydrogen-bond donors (Lipinski definition) is 1. The molecule has 1 unspecified atom stereocenters. The molecule has 1 aromatic carbocycles. The molecule has 1 rings (SSSR count). The summed E-state index contributed by atoms with van der Waals surface area (Å²) in [4.78, 5) is 0.0571. The van der Waals surface area contributed by atoms with Gasteiger partial charge in [-0.2, -0.15) is 0 Å². The van der Waals surface area contributed by atoms with Gasteiger partial charge in [0.2, 0.25) is 0 Å². The largest absolute Gasteiger partial charge is 0.319 e. The molecule has 0 bridgehead atoms. The molecule has 1 atom stereocenters. The summed E-state index contributed by atoms with van der Waals surface area (Å²) in [5.41, 5.74) is 0. The minimum atomic E-state index is -1.41. The first-order chi connectivity index (χ1) is 6.65. The highest BCUT2D eigenvalue weighted by atomic mass is 32.2. The van der Waals surface area contributed by atoms with Crippen molar-refractivity contribution in [3.63, 3.8) is 0 Å². The van der Waals surface area contributed by atoms with Crippen LogP contribution in [-0.2, 0) is 10.8 Å². The van der Waals surface area contributed by atoms with Crippen LogP contribution in [0.5, 0.6) is 0 Å². The van der Waals surface area contributed by atoms with Gasteiger partial charge < -0.3 is 5.32 Å². The average molecular weight is 219 g/mol. The van der Waals surface area contributed by atoms with E-state index in [1.54, 1.807) is 7.05 Å². The van der Waals surface area contributed by atoms with E-state index >= 15 is 0 Å². The molecule has 1 N–H and O–H groups in total. The zero-order chi connectivity index (χ0) is 10.6. The normalized spacial score (nSPS) is 12.8. The molecule has 0 aliphatic heterocycles. The topological polar surface area (TPSA) is 29.1 Å². The van der Waals surface area contributed by atoms with Crippen molar-refractivity contribution in [1.82, 2.24) is 5.32 Å². The van der Waals surface area contributed by atoms with E-state index in [2.05, 4.69) is 5.32 Å².